The van der Waals surface area contributed by atoms with Crippen molar-refractivity contribution in [1.82, 2.24) is 0 Å². The molecule has 4 aliphatic heterocycles. The lowest BCUT2D eigenvalue weighted by Crippen LogP contribution is -2.64. The minimum Gasteiger partial charge on any atom is -0.392 e. The van der Waals surface area contributed by atoms with Crippen LogP contribution in [0.1, 0.15) is 116 Å². The molecule has 0 aromatic carbocycles. The SMILES string of the molecule is O=C1OC(=O)[C@H]2[C@@H]1C1(C34CC5CC(CC(C5)C3)C4)P=C(C34CC5CC(CC(C5)C3)C4)P2C(C23CC4CC(CC(C4)C2)C3)=P1. The Kier molecular flexibility index (Phi) is 4.90. The minimum atomic E-state index is -0.718. The van der Waals surface area contributed by atoms with Gasteiger partial charge in [0.25, 0.3) is 0 Å². The summed E-state index contributed by atoms with van der Waals surface area (Å²) in [4.78, 5) is 28.3. The molecule has 0 spiro atoms. The van der Waals surface area contributed by atoms with Crippen LogP contribution < -0.4 is 0 Å². The van der Waals surface area contributed by atoms with Gasteiger partial charge >= 0.3 is 11.9 Å². The van der Waals surface area contributed by atoms with Crippen LogP contribution in [0, 0.1) is 75.4 Å². The third-order valence-corrected chi connectivity index (χ3v) is 25.6. The van der Waals surface area contributed by atoms with Crippen LogP contribution in [0.25, 0.3) is 0 Å². The van der Waals surface area contributed by atoms with E-state index in [1.165, 1.54) is 116 Å². The number of ether oxygens (including phenoxy) is 1. The molecule has 0 aromatic rings. The average molecular weight is 633 g/mol. The number of hydrogen-bond donors (Lipinski definition) is 0. The van der Waals surface area contributed by atoms with Crippen molar-refractivity contribution in [3.8, 4) is 0 Å². The smallest absolute Gasteiger partial charge is 0.322 e. The van der Waals surface area contributed by atoms with Crippen LogP contribution in [0.5, 0.6) is 0 Å². The van der Waals surface area contributed by atoms with Gasteiger partial charge in [-0.25, -0.2) is 0 Å². The Morgan fingerprint density at radius 1 is 0.512 bits per heavy atom. The molecule has 16 aliphatic rings. The normalized spacial score (nSPS) is 63.3. The molecule has 0 amide bonds. The standard InChI is InChI=1S/C37H47O3P3/c38-30-28-29(31(39)40-30)43-32(34-10-19-1-20(11-34)3-21(2-19)12-34)41-37(28,36-16-25-7-26(17-36)9-27(8-25)18-36)42-33(43)35-13-22-4-23(14-35)6-24(5-22)15-35/h19-29H,1-18H2/t19?,20?,21?,22?,23?,24?,25?,26?,27?,28-,29+,34?,35?,36?,37?,43?/m0/s1. The fourth-order valence-electron chi connectivity index (χ4n) is 16.7. The van der Waals surface area contributed by atoms with Gasteiger partial charge in [0.05, 0.1) is 10.8 Å². The van der Waals surface area contributed by atoms with Crippen LogP contribution in [0.2, 0.25) is 0 Å². The van der Waals surface area contributed by atoms with Gasteiger partial charge in [-0.1, -0.05) is 16.4 Å². The second kappa shape index (κ2) is 8.13. The van der Waals surface area contributed by atoms with E-state index in [-0.39, 0.29) is 33.8 Å². The van der Waals surface area contributed by atoms with E-state index in [0.29, 0.717) is 10.8 Å². The fraction of sp³-hybridized carbons (Fsp3) is 0.892. The summed E-state index contributed by atoms with van der Waals surface area (Å²) in [7, 11) is 2.48. The molecule has 4 heterocycles. The lowest BCUT2D eigenvalue weighted by atomic mass is 9.47. The molecule has 0 aromatic heterocycles. The van der Waals surface area contributed by atoms with Gasteiger partial charge in [0.2, 0.25) is 0 Å². The summed E-state index contributed by atoms with van der Waals surface area (Å²) in [5.41, 5.74) is 0.871. The lowest BCUT2D eigenvalue weighted by molar-refractivity contribution is -0.154. The Hall–Kier alpha value is -0.0900. The zero-order valence-corrected chi connectivity index (χ0v) is 28.3. The minimum absolute atomic E-state index is 0.0653. The number of carbonyl (C=O) groups is 2. The molecule has 3 nitrogen and oxygen atoms in total. The first-order valence-corrected chi connectivity index (χ1v) is 21.8. The molecule has 1 saturated heterocycles. The zero-order chi connectivity index (χ0) is 28.1. The van der Waals surface area contributed by atoms with Crippen molar-refractivity contribution in [2.24, 2.45) is 75.4 Å². The first-order chi connectivity index (χ1) is 20.8. The van der Waals surface area contributed by atoms with Gasteiger partial charge in [-0.05, 0) is 192 Å². The summed E-state index contributed by atoms with van der Waals surface area (Å²) in [6, 6.07) is 0. The van der Waals surface area contributed by atoms with Gasteiger partial charge in [0, 0.05) is 10.8 Å². The van der Waals surface area contributed by atoms with E-state index < -0.39 is 7.92 Å². The summed E-state index contributed by atoms with van der Waals surface area (Å²) < 4.78 is 5.91. The molecule has 0 unspecified atom stereocenters. The highest BCUT2D eigenvalue weighted by Gasteiger charge is 2.75. The molecular weight excluding hydrogens is 585 g/mol. The van der Waals surface area contributed by atoms with E-state index in [1.807, 2.05) is 10.1 Å². The average Bonchev–Trinajstić information content (AvgIpc) is 3.26. The number of rotatable bonds is 3. The number of carbonyl (C=O) groups excluding carboxylic acids is 2. The van der Waals surface area contributed by atoms with Gasteiger partial charge < -0.3 is 4.74 Å². The van der Waals surface area contributed by atoms with Crippen LogP contribution in [-0.4, -0.2) is 32.6 Å². The maximum Gasteiger partial charge on any atom is 0.322 e. The summed E-state index contributed by atoms with van der Waals surface area (Å²) in [6.07, 6.45) is 25.8. The highest BCUT2D eigenvalue weighted by Crippen LogP contribution is 2.85. The van der Waals surface area contributed by atoms with Crippen molar-refractivity contribution in [2.45, 2.75) is 126 Å². The molecule has 6 heteroatoms. The van der Waals surface area contributed by atoms with Gasteiger partial charge in [-0.15, -0.1) is 0 Å². The van der Waals surface area contributed by atoms with Gasteiger partial charge in [0.1, 0.15) is 5.66 Å². The van der Waals surface area contributed by atoms with Crippen LogP contribution in [0.3, 0.4) is 0 Å². The van der Waals surface area contributed by atoms with E-state index in [4.69, 9.17) is 4.74 Å². The molecule has 2 atom stereocenters. The second-order valence-electron chi connectivity index (χ2n) is 19.2. The van der Waals surface area contributed by atoms with Crippen LogP contribution in [0.15, 0.2) is 0 Å². The molecule has 0 radical (unpaired) electrons. The van der Waals surface area contributed by atoms with Crippen LogP contribution in [-0.2, 0) is 14.3 Å². The van der Waals surface area contributed by atoms with Crippen molar-refractivity contribution >= 4 is 46.3 Å². The summed E-state index contributed by atoms with van der Waals surface area (Å²) in [5, 5.41) is 3.82. The Labute approximate surface area is 261 Å². The largest absolute Gasteiger partial charge is 0.392 e. The van der Waals surface area contributed by atoms with Crippen LogP contribution in [0.4, 0.5) is 0 Å². The maximum atomic E-state index is 14.3. The third kappa shape index (κ3) is 3.14. The summed E-state index contributed by atoms with van der Waals surface area (Å²) in [5.74, 6) is 7.88. The molecule has 13 fully saturated rings. The predicted molar refractivity (Wildman–Crippen MR) is 174 cm³/mol. The second-order valence-corrected chi connectivity index (χ2v) is 25.2. The first-order valence-electron chi connectivity index (χ1n) is 18.6. The first kappa shape index (κ1) is 25.9. The molecule has 12 saturated carbocycles. The molecule has 12 aliphatic carbocycles. The van der Waals surface area contributed by atoms with Crippen molar-refractivity contribution < 1.29 is 14.3 Å². The highest BCUT2D eigenvalue weighted by atomic mass is 31.2. The van der Waals surface area contributed by atoms with Crippen molar-refractivity contribution in [2.75, 3.05) is 0 Å². The number of esters is 2. The van der Waals surface area contributed by atoms with Gasteiger partial charge in [-0.3, -0.25) is 9.59 Å². The Morgan fingerprint density at radius 3 is 1.23 bits per heavy atom. The van der Waals surface area contributed by atoms with E-state index in [2.05, 4.69) is 0 Å². The number of cyclic esters (lactones) is 2. The molecule has 0 N–H and O–H groups in total. The highest BCUT2D eigenvalue weighted by molar-refractivity contribution is 8.07. The molecule has 14 bridgehead atoms. The van der Waals surface area contributed by atoms with E-state index in [1.54, 1.807) is 16.4 Å². The number of hydrogen-bond acceptors (Lipinski definition) is 3. The molecular formula is C37H47O3P3. The molecule has 43 heavy (non-hydrogen) atoms. The maximum absolute atomic E-state index is 14.3. The van der Waals surface area contributed by atoms with Gasteiger partial charge in [0.15, 0.2) is 0 Å². The van der Waals surface area contributed by atoms with Crippen molar-refractivity contribution in [3.63, 3.8) is 0 Å². The summed E-state index contributed by atoms with van der Waals surface area (Å²) in [6.45, 7) is 0. The quantitative estimate of drug-likeness (QED) is 0.177. The molecule has 228 valence electrons. The fourth-order valence-corrected chi connectivity index (χ4v) is 28.3. The van der Waals surface area contributed by atoms with E-state index in [9.17, 15) is 9.59 Å². The topological polar surface area (TPSA) is 43.4 Å². The van der Waals surface area contributed by atoms with E-state index >= 15 is 0 Å². The van der Waals surface area contributed by atoms with Crippen molar-refractivity contribution in [1.29, 1.82) is 0 Å². The lowest BCUT2D eigenvalue weighted by Gasteiger charge is -2.69. The third-order valence-electron chi connectivity index (χ3n) is 16.6. The summed E-state index contributed by atoms with van der Waals surface area (Å²) >= 11 is 0. The van der Waals surface area contributed by atoms with E-state index in [0.717, 1.165) is 53.3 Å². The van der Waals surface area contributed by atoms with Crippen LogP contribution >= 0.6 is 24.3 Å². The zero-order valence-electron chi connectivity index (χ0n) is 25.6. The molecule has 16 rings (SSSR count). The Morgan fingerprint density at radius 2 is 0.860 bits per heavy atom. The Balaban J connectivity index is 1.12. The van der Waals surface area contributed by atoms with Crippen molar-refractivity contribution in [3.05, 3.63) is 0 Å². The Bertz CT molecular complexity index is 1270. The van der Waals surface area contributed by atoms with Gasteiger partial charge in [-0.2, -0.15) is 0 Å². The monoisotopic (exact) mass is 632 g/mol. The predicted octanol–water partition coefficient (Wildman–Crippen LogP) is 9.06.